The molecule has 7 heteroatoms. The predicted molar refractivity (Wildman–Crippen MR) is 157 cm³/mol. The van der Waals surface area contributed by atoms with Crippen LogP contribution >= 0.6 is 0 Å². The molecule has 1 aromatic heterocycles. The van der Waals surface area contributed by atoms with Crippen molar-refractivity contribution in [3.8, 4) is 5.75 Å². The van der Waals surface area contributed by atoms with Gasteiger partial charge in [0.1, 0.15) is 18.2 Å². The van der Waals surface area contributed by atoms with Gasteiger partial charge in [0.15, 0.2) is 0 Å². The lowest BCUT2D eigenvalue weighted by Crippen LogP contribution is -2.38. The number of aryl methyl sites for hydroxylation is 2. The van der Waals surface area contributed by atoms with Crippen LogP contribution in [0.5, 0.6) is 5.75 Å². The van der Waals surface area contributed by atoms with Crippen LogP contribution in [0, 0.1) is 5.92 Å². The zero-order valence-electron chi connectivity index (χ0n) is 24.4. The monoisotopic (exact) mass is 536 g/mol. The third-order valence-corrected chi connectivity index (χ3v) is 8.76. The number of methoxy groups -OCH3 is 1. The molecule has 2 unspecified atom stereocenters. The van der Waals surface area contributed by atoms with Gasteiger partial charge in [-0.2, -0.15) is 0 Å². The number of nitrogens with one attached hydrogen (secondary N) is 1. The van der Waals surface area contributed by atoms with Gasteiger partial charge in [-0.05, 0) is 93.8 Å². The number of aliphatic hydroxyl groups is 1. The average molecular weight is 537 g/mol. The summed E-state index contributed by atoms with van der Waals surface area (Å²) in [5, 5.41) is 14.6. The summed E-state index contributed by atoms with van der Waals surface area (Å²) in [6, 6.07) is 10.7. The summed E-state index contributed by atoms with van der Waals surface area (Å²) < 4.78 is 11.4. The molecule has 2 fully saturated rings. The highest BCUT2D eigenvalue weighted by molar-refractivity contribution is 5.47. The number of rotatable bonds is 13. The van der Waals surface area contributed by atoms with Crippen molar-refractivity contribution >= 4 is 5.82 Å². The van der Waals surface area contributed by atoms with Gasteiger partial charge in [0.25, 0.3) is 0 Å². The van der Waals surface area contributed by atoms with Crippen LogP contribution in [0.2, 0.25) is 0 Å². The maximum absolute atomic E-state index is 11.2. The molecule has 0 aliphatic carbocycles. The number of hydrogen-bond donors (Lipinski definition) is 2. The fourth-order valence-electron chi connectivity index (χ4n) is 6.43. The number of pyridine rings is 1. The SMILES string of the molecule is COc1ccc(C(C)C)cc1C(N1CC[C@@H](CN(C)CCCCCc2ccc3c(n2)NCCC3)C1)C1(O)CO1. The third-order valence-electron chi connectivity index (χ3n) is 8.76. The summed E-state index contributed by atoms with van der Waals surface area (Å²) in [5.74, 6) is 1.82. The highest BCUT2D eigenvalue weighted by atomic mass is 16.7. The predicted octanol–water partition coefficient (Wildman–Crippen LogP) is 5.00. The summed E-state index contributed by atoms with van der Waals surface area (Å²) >= 11 is 0. The summed E-state index contributed by atoms with van der Waals surface area (Å²) in [6.07, 6.45) is 8.19. The van der Waals surface area contributed by atoms with Crippen LogP contribution in [0.4, 0.5) is 5.82 Å². The minimum atomic E-state index is -1.12. The topological polar surface area (TPSA) is 73.4 Å². The van der Waals surface area contributed by atoms with E-state index < -0.39 is 5.79 Å². The molecule has 214 valence electrons. The Morgan fingerprint density at radius 2 is 2.08 bits per heavy atom. The second kappa shape index (κ2) is 12.5. The lowest BCUT2D eigenvalue weighted by molar-refractivity contribution is -0.0425. The number of fused-ring (bicyclic) bond motifs is 1. The van der Waals surface area contributed by atoms with Crippen molar-refractivity contribution in [2.24, 2.45) is 5.92 Å². The van der Waals surface area contributed by atoms with E-state index in [2.05, 4.69) is 60.3 Å². The quantitative estimate of drug-likeness (QED) is 0.276. The molecule has 0 bridgehead atoms. The molecule has 7 nitrogen and oxygen atoms in total. The van der Waals surface area contributed by atoms with Crippen LogP contribution < -0.4 is 10.1 Å². The number of hydrogen-bond acceptors (Lipinski definition) is 7. The number of epoxide rings is 1. The van der Waals surface area contributed by atoms with E-state index in [9.17, 15) is 5.11 Å². The van der Waals surface area contributed by atoms with Gasteiger partial charge < -0.3 is 24.8 Å². The Morgan fingerprint density at radius 1 is 1.23 bits per heavy atom. The van der Waals surface area contributed by atoms with E-state index in [-0.39, 0.29) is 6.04 Å². The number of benzene rings is 1. The molecule has 1 aromatic carbocycles. The van der Waals surface area contributed by atoms with E-state index in [4.69, 9.17) is 14.5 Å². The Hall–Kier alpha value is -2.19. The molecule has 4 heterocycles. The van der Waals surface area contributed by atoms with Crippen molar-refractivity contribution in [2.45, 2.75) is 76.5 Å². The van der Waals surface area contributed by atoms with Crippen LogP contribution in [0.3, 0.4) is 0 Å². The average Bonchev–Trinajstić information content (AvgIpc) is 3.51. The number of aromatic nitrogens is 1. The van der Waals surface area contributed by atoms with Gasteiger partial charge in [-0.3, -0.25) is 4.90 Å². The Balaban J connectivity index is 1.09. The van der Waals surface area contributed by atoms with E-state index in [1.807, 2.05) is 6.07 Å². The Kier molecular flexibility index (Phi) is 9.12. The second-order valence-corrected chi connectivity index (χ2v) is 12.3. The molecule has 0 spiro atoms. The van der Waals surface area contributed by atoms with Gasteiger partial charge in [0.05, 0.1) is 13.2 Å². The first kappa shape index (κ1) is 28.3. The lowest BCUT2D eigenvalue weighted by atomic mass is 9.93. The number of likely N-dealkylation sites (tertiary alicyclic amines) is 1. The molecule has 2 saturated heterocycles. The van der Waals surface area contributed by atoms with E-state index in [0.717, 1.165) is 69.1 Å². The van der Waals surface area contributed by atoms with Crippen LogP contribution in [-0.2, 0) is 17.6 Å². The fourth-order valence-corrected chi connectivity index (χ4v) is 6.43. The molecule has 5 rings (SSSR count). The number of nitrogens with zero attached hydrogens (tertiary/aromatic N) is 3. The normalized spacial score (nSPS) is 23.6. The van der Waals surface area contributed by atoms with E-state index in [0.29, 0.717) is 18.4 Å². The highest BCUT2D eigenvalue weighted by Gasteiger charge is 2.55. The maximum atomic E-state index is 11.2. The highest BCUT2D eigenvalue weighted by Crippen LogP contribution is 2.47. The first-order valence-electron chi connectivity index (χ1n) is 15.1. The first-order valence-corrected chi connectivity index (χ1v) is 15.1. The van der Waals surface area contributed by atoms with Gasteiger partial charge in [-0.25, -0.2) is 4.98 Å². The largest absolute Gasteiger partial charge is 0.496 e. The lowest BCUT2D eigenvalue weighted by Gasteiger charge is -2.32. The zero-order valence-corrected chi connectivity index (χ0v) is 24.4. The van der Waals surface area contributed by atoms with Crippen LogP contribution in [-0.4, -0.2) is 79.2 Å². The minimum Gasteiger partial charge on any atom is -0.496 e. The van der Waals surface area contributed by atoms with E-state index in [1.54, 1.807) is 7.11 Å². The van der Waals surface area contributed by atoms with Crippen molar-refractivity contribution in [2.75, 3.05) is 58.8 Å². The summed E-state index contributed by atoms with van der Waals surface area (Å²) in [7, 11) is 3.97. The molecule has 0 saturated carbocycles. The van der Waals surface area contributed by atoms with E-state index in [1.165, 1.54) is 42.5 Å². The molecule has 3 aliphatic heterocycles. The fraction of sp³-hybridized carbons (Fsp3) is 0.656. The van der Waals surface area contributed by atoms with Crippen LogP contribution in [0.25, 0.3) is 0 Å². The van der Waals surface area contributed by atoms with E-state index >= 15 is 0 Å². The van der Waals surface area contributed by atoms with Crippen molar-refractivity contribution < 1.29 is 14.6 Å². The summed E-state index contributed by atoms with van der Waals surface area (Å²) in [5.41, 5.74) is 4.89. The summed E-state index contributed by atoms with van der Waals surface area (Å²) in [4.78, 5) is 9.76. The van der Waals surface area contributed by atoms with Crippen molar-refractivity contribution in [3.63, 3.8) is 0 Å². The molecule has 3 atom stereocenters. The summed E-state index contributed by atoms with van der Waals surface area (Å²) in [6.45, 7) is 9.97. The van der Waals surface area contributed by atoms with Crippen molar-refractivity contribution in [1.29, 1.82) is 0 Å². The number of unbranched alkanes of at least 4 members (excludes halogenated alkanes) is 2. The van der Waals surface area contributed by atoms with Crippen LogP contribution in [0.15, 0.2) is 30.3 Å². The van der Waals surface area contributed by atoms with Gasteiger partial charge in [-0.15, -0.1) is 0 Å². The molecular formula is C32H48N4O3. The van der Waals surface area contributed by atoms with Gasteiger partial charge in [0.2, 0.25) is 5.79 Å². The number of ether oxygens (including phenoxy) is 2. The van der Waals surface area contributed by atoms with Crippen molar-refractivity contribution in [1.82, 2.24) is 14.8 Å². The smallest absolute Gasteiger partial charge is 0.210 e. The Morgan fingerprint density at radius 3 is 2.85 bits per heavy atom. The molecule has 2 aromatic rings. The molecule has 3 aliphatic rings. The molecule has 0 radical (unpaired) electrons. The number of anilines is 1. The third kappa shape index (κ3) is 6.94. The minimum absolute atomic E-state index is 0.200. The Bertz CT molecular complexity index is 1100. The molecule has 39 heavy (non-hydrogen) atoms. The van der Waals surface area contributed by atoms with Gasteiger partial charge in [-0.1, -0.05) is 38.5 Å². The van der Waals surface area contributed by atoms with Gasteiger partial charge in [0, 0.05) is 30.9 Å². The standard InChI is InChI=1S/C32H48N4O3/c1-23(2)26-12-14-29(38-4)28(19-26)30(32(37)22-39-32)36-18-15-24(21-36)20-35(3)17-7-5-6-10-27-13-11-25-9-8-16-33-31(25)34-27/h11-14,19,23-24,30,37H,5-10,15-18,20-22H2,1-4H3,(H,33,34)/t24-,30?,32?/m0/s1. The zero-order chi connectivity index (χ0) is 27.4. The van der Waals surface area contributed by atoms with Crippen molar-refractivity contribution in [3.05, 3.63) is 52.7 Å². The maximum Gasteiger partial charge on any atom is 0.210 e. The second-order valence-electron chi connectivity index (χ2n) is 12.3. The molecular weight excluding hydrogens is 488 g/mol. The Labute approximate surface area is 234 Å². The van der Waals surface area contributed by atoms with Crippen LogP contribution in [0.1, 0.15) is 80.3 Å². The molecule has 0 amide bonds. The van der Waals surface area contributed by atoms with Gasteiger partial charge >= 0.3 is 0 Å². The first-order chi connectivity index (χ1) is 18.9. The molecule has 2 N–H and O–H groups in total.